The van der Waals surface area contributed by atoms with Gasteiger partial charge in [0.05, 0.1) is 11.4 Å². The van der Waals surface area contributed by atoms with Crippen LogP contribution in [0.4, 0.5) is 17.1 Å². The number of hydrogen-bond donors (Lipinski definition) is 1. The minimum Gasteiger partial charge on any atom is -0.372 e. The normalized spacial score (nSPS) is 12.8. The molecule has 0 bridgehead atoms. The van der Waals surface area contributed by atoms with Crippen LogP contribution in [0.2, 0.25) is 0 Å². The lowest BCUT2D eigenvalue weighted by molar-refractivity contribution is 0.730. The van der Waals surface area contributed by atoms with Crippen molar-refractivity contribution < 1.29 is 0 Å². The lowest BCUT2D eigenvalue weighted by atomic mass is 10.1. The van der Waals surface area contributed by atoms with Crippen LogP contribution in [-0.4, -0.2) is 19.6 Å². The van der Waals surface area contributed by atoms with Crippen molar-refractivity contribution in [3.05, 3.63) is 52.1 Å². The van der Waals surface area contributed by atoms with Crippen LogP contribution in [0.1, 0.15) is 20.8 Å². The maximum absolute atomic E-state index is 3.59. The minimum absolute atomic E-state index is 0.877. The van der Waals surface area contributed by atoms with Crippen molar-refractivity contribution in [2.45, 2.75) is 30.6 Å². The van der Waals surface area contributed by atoms with Crippen LogP contribution in [0.3, 0.4) is 0 Å². The topological polar surface area (TPSA) is 18.5 Å². The van der Waals surface area contributed by atoms with Crippen molar-refractivity contribution in [3.8, 4) is 0 Å². The van der Waals surface area contributed by atoms with E-state index in [9.17, 15) is 0 Å². The van der Waals surface area contributed by atoms with Gasteiger partial charge in [0.25, 0.3) is 0 Å². The van der Waals surface area contributed by atoms with Crippen LogP contribution >= 0.6 is 34.4 Å². The van der Waals surface area contributed by atoms with Gasteiger partial charge in [-0.3, -0.25) is 5.01 Å². The van der Waals surface area contributed by atoms with Gasteiger partial charge < -0.3 is 4.90 Å². The summed E-state index contributed by atoms with van der Waals surface area (Å²) in [5.74, 6) is 0. The average Bonchev–Trinajstić information content (AvgIpc) is 2.68. The van der Waals surface area contributed by atoms with Gasteiger partial charge in [0, 0.05) is 44.1 Å². The summed E-state index contributed by atoms with van der Waals surface area (Å²) in [5, 5.41) is 4.86. The Hall–Kier alpha value is -1.44. The van der Waals surface area contributed by atoms with E-state index in [1.807, 2.05) is 11.8 Å². The first-order valence-corrected chi connectivity index (χ1v) is 11.4. The molecule has 27 heavy (non-hydrogen) atoms. The van der Waals surface area contributed by atoms with Gasteiger partial charge in [-0.05, 0) is 78.2 Å². The van der Waals surface area contributed by atoms with Crippen LogP contribution in [0.5, 0.6) is 0 Å². The zero-order valence-corrected chi connectivity index (χ0v) is 18.9. The number of hydrogen-bond acceptors (Lipinski definition) is 4. The predicted octanol–water partition coefficient (Wildman–Crippen LogP) is 6.42. The predicted molar refractivity (Wildman–Crippen MR) is 127 cm³/mol. The van der Waals surface area contributed by atoms with Gasteiger partial charge >= 0.3 is 0 Å². The molecule has 0 atom stereocenters. The molecule has 1 aliphatic rings. The van der Waals surface area contributed by atoms with Crippen molar-refractivity contribution in [1.82, 2.24) is 5.43 Å². The molecule has 3 aromatic rings. The average molecular weight is 489 g/mol. The quantitative estimate of drug-likeness (QED) is 0.417. The standard InChI is InChI=1S/C22H24IN3S/c1-4-24-26-19-11-10-17(25(5-2)6-3)14-21(19)27-20-12-8-15-7-9-16(23)13-18(15)22(20)26/h7-14,24H,4-6H2,1-3H3. The Kier molecular flexibility index (Phi) is 5.53. The molecule has 5 heteroatoms. The van der Waals surface area contributed by atoms with Crippen LogP contribution < -0.4 is 15.3 Å². The third-order valence-electron chi connectivity index (χ3n) is 4.99. The molecule has 0 aromatic heterocycles. The maximum atomic E-state index is 3.59. The molecule has 0 spiro atoms. The first-order chi connectivity index (χ1) is 13.2. The highest BCUT2D eigenvalue weighted by atomic mass is 127. The van der Waals surface area contributed by atoms with Gasteiger partial charge in [-0.15, -0.1) is 0 Å². The third-order valence-corrected chi connectivity index (χ3v) is 6.76. The van der Waals surface area contributed by atoms with E-state index in [0.29, 0.717) is 0 Å². The summed E-state index contributed by atoms with van der Waals surface area (Å²) < 4.78 is 1.26. The van der Waals surface area contributed by atoms with Crippen LogP contribution in [0.15, 0.2) is 58.3 Å². The monoisotopic (exact) mass is 489 g/mol. The second-order valence-electron chi connectivity index (χ2n) is 6.55. The fourth-order valence-electron chi connectivity index (χ4n) is 3.69. The molecule has 0 unspecified atom stereocenters. The van der Waals surface area contributed by atoms with Gasteiger partial charge in [-0.1, -0.05) is 30.8 Å². The Balaban J connectivity index is 1.89. The zero-order valence-electron chi connectivity index (χ0n) is 15.9. The van der Waals surface area contributed by atoms with Gasteiger partial charge in [-0.2, -0.15) is 0 Å². The second kappa shape index (κ2) is 7.89. The lowest BCUT2D eigenvalue weighted by Gasteiger charge is -2.34. The van der Waals surface area contributed by atoms with Gasteiger partial charge in [0.2, 0.25) is 0 Å². The molecule has 0 saturated carbocycles. The smallest absolute Gasteiger partial charge is 0.0796 e. The Morgan fingerprint density at radius 1 is 0.963 bits per heavy atom. The molecular weight excluding hydrogens is 465 g/mol. The van der Waals surface area contributed by atoms with Crippen molar-refractivity contribution in [1.29, 1.82) is 0 Å². The van der Waals surface area contributed by atoms with Crippen molar-refractivity contribution in [2.75, 3.05) is 29.5 Å². The van der Waals surface area contributed by atoms with Crippen molar-refractivity contribution in [2.24, 2.45) is 0 Å². The first-order valence-electron chi connectivity index (χ1n) is 9.49. The summed E-state index contributed by atoms with van der Waals surface area (Å²) >= 11 is 4.27. The number of hydrazine groups is 1. The van der Waals surface area contributed by atoms with E-state index >= 15 is 0 Å². The molecule has 0 amide bonds. The van der Waals surface area contributed by atoms with Crippen LogP contribution in [-0.2, 0) is 0 Å². The largest absolute Gasteiger partial charge is 0.372 e. The number of halogens is 1. The Morgan fingerprint density at radius 2 is 1.74 bits per heavy atom. The number of nitrogens with one attached hydrogen (secondary N) is 1. The maximum Gasteiger partial charge on any atom is 0.0796 e. The van der Waals surface area contributed by atoms with E-state index in [1.54, 1.807) is 0 Å². The fraction of sp³-hybridized carbons (Fsp3) is 0.273. The number of benzene rings is 3. The van der Waals surface area contributed by atoms with Gasteiger partial charge in [-0.25, -0.2) is 5.43 Å². The molecule has 4 rings (SSSR count). The summed E-state index contributed by atoms with van der Waals surface area (Å²) in [5.41, 5.74) is 7.38. The SMILES string of the molecule is CCNN1c2ccc(N(CC)CC)cc2Sc2ccc3ccc(I)cc3c21. The van der Waals surface area contributed by atoms with E-state index in [0.717, 1.165) is 19.6 Å². The number of anilines is 3. The van der Waals surface area contributed by atoms with E-state index in [4.69, 9.17) is 0 Å². The summed E-state index contributed by atoms with van der Waals surface area (Å²) in [7, 11) is 0. The molecule has 3 aromatic carbocycles. The summed E-state index contributed by atoms with van der Waals surface area (Å²) in [6, 6.07) is 18.0. The van der Waals surface area contributed by atoms with Gasteiger partial charge in [0.1, 0.15) is 0 Å². The van der Waals surface area contributed by atoms with Gasteiger partial charge in [0.15, 0.2) is 0 Å². The summed E-state index contributed by atoms with van der Waals surface area (Å²) in [6.07, 6.45) is 0. The third kappa shape index (κ3) is 3.41. The van der Waals surface area contributed by atoms with E-state index in [1.165, 1.54) is 41.2 Å². The number of nitrogens with zero attached hydrogens (tertiary/aromatic N) is 2. The van der Waals surface area contributed by atoms with E-state index < -0.39 is 0 Å². The number of fused-ring (bicyclic) bond motifs is 4. The molecule has 0 fully saturated rings. The minimum atomic E-state index is 0.877. The Morgan fingerprint density at radius 3 is 2.48 bits per heavy atom. The molecule has 1 heterocycles. The molecule has 0 aliphatic carbocycles. The molecule has 0 radical (unpaired) electrons. The molecule has 140 valence electrons. The van der Waals surface area contributed by atoms with E-state index in [2.05, 4.69) is 107 Å². The molecule has 3 nitrogen and oxygen atoms in total. The lowest BCUT2D eigenvalue weighted by Crippen LogP contribution is -2.35. The van der Waals surface area contributed by atoms with Crippen molar-refractivity contribution >= 4 is 62.2 Å². The van der Waals surface area contributed by atoms with E-state index in [-0.39, 0.29) is 0 Å². The Bertz CT molecular complexity index is 985. The molecule has 1 N–H and O–H groups in total. The highest BCUT2D eigenvalue weighted by molar-refractivity contribution is 14.1. The second-order valence-corrected chi connectivity index (χ2v) is 8.88. The zero-order chi connectivity index (χ0) is 19.0. The number of rotatable bonds is 5. The fourth-order valence-corrected chi connectivity index (χ4v) is 5.29. The highest BCUT2D eigenvalue weighted by Gasteiger charge is 2.26. The van der Waals surface area contributed by atoms with Crippen molar-refractivity contribution in [3.63, 3.8) is 0 Å². The molecule has 1 aliphatic heterocycles. The molecule has 0 saturated heterocycles. The first kappa shape index (κ1) is 18.9. The summed E-state index contributed by atoms with van der Waals surface area (Å²) in [4.78, 5) is 5.00. The highest BCUT2D eigenvalue weighted by Crippen LogP contribution is 2.51. The Labute approximate surface area is 179 Å². The summed E-state index contributed by atoms with van der Waals surface area (Å²) in [6.45, 7) is 9.50. The van der Waals surface area contributed by atoms with Crippen LogP contribution in [0, 0.1) is 3.57 Å². The molecular formula is C22H24IN3S. The van der Waals surface area contributed by atoms with Crippen LogP contribution in [0.25, 0.3) is 10.8 Å².